The Morgan fingerprint density at radius 2 is 1.87 bits per heavy atom. The first-order chi connectivity index (χ1) is 18.4. The van der Waals surface area contributed by atoms with Gasteiger partial charge in [-0.2, -0.15) is 9.78 Å². The van der Waals surface area contributed by atoms with Gasteiger partial charge < -0.3 is 24.4 Å². The zero-order valence-corrected chi connectivity index (χ0v) is 21.9. The number of ether oxygens (including phenoxy) is 3. The number of nitrogens with two attached hydrogens (primary N) is 1. The van der Waals surface area contributed by atoms with Gasteiger partial charge in [-0.05, 0) is 64.0 Å². The van der Waals surface area contributed by atoms with Gasteiger partial charge in [-0.25, -0.2) is 4.98 Å². The van der Waals surface area contributed by atoms with Gasteiger partial charge in [0.25, 0.3) is 11.5 Å². The lowest BCUT2D eigenvalue weighted by atomic mass is 10.2. The normalized spacial score (nSPS) is 11.3. The van der Waals surface area contributed by atoms with Crippen molar-refractivity contribution in [1.29, 1.82) is 0 Å². The summed E-state index contributed by atoms with van der Waals surface area (Å²) in [4.78, 5) is 29.4. The van der Waals surface area contributed by atoms with E-state index in [0.29, 0.717) is 49.5 Å². The minimum Gasteiger partial charge on any atom is -0.496 e. The molecule has 0 aliphatic heterocycles. The van der Waals surface area contributed by atoms with Gasteiger partial charge in [-0.15, -0.1) is 0 Å². The monoisotopic (exact) mass is 576 g/mol. The van der Waals surface area contributed by atoms with Crippen LogP contribution in [0.25, 0.3) is 33.5 Å². The van der Waals surface area contributed by atoms with Crippen LogP contribution < -0.4 is 25.5 Å². The average Bonchev–Trinajstić information content (AvgIpc) is 3.36. The maximum atomic E-state index is 13.5. The third kappa shape index (κ3) is 4.71. The summed E-state index contributed by atoms with van der Waals surface area (Å²) in [5.41, 5.74) is 6.48. The highest BCUT2D eigenvalue weighted by atomic mass is 79.9. The fourth-order valence-electron chi connectivity index (χ4n) is 3.93. The lowest BCUT2D eigenvalue weighted by Gasteiger charge is -2.12. The van der Waals surface area contributed by atoms with Crippen LogP contribution in [0.4, 0.5) is 0 Å². The van der Waals surface area contributed by atoms with E-state index < -0.39 is 5.91 Å². The van der Waals surface area contributed by atoms with E-state index in [9.17, 15) is 9.59 Å². The molecule has 11 heteroatoms. The maximum Gasteiger partial charge on any atom is 0.282 e. The molecule has 2 aromatic heterocycles. The van der Waals surface area contributed by atoms with E-state index in [-0.39, 0.29) is 18.0 Å². The van der Waals surface area contributed by atoms with Crippen LogP contribution in [0.1, 0.15) is 5.56 Å². The summed E-state index contributed by atoms with van der Waals surface area (Å²) >= 11 is 3.42. The van der Waals surface area contributed by atoms with Crippen LogP contribution in [0, 0.1) is 0 Å². The maximum absolute atomic E-state index is 13.5. The van der Waals surface area contributed by atoms with Gasteiger partial charge in [-0.3, -0.25) is 9.59 Å². The number of hydrogen-bond acceptors (Lipinski definition) is 8. The summed E-state index contributed by atoms with van der Waals surface area (Å²) in [6.07, 6.45) is 1.48. The second kappa shape index (κ2) is 10.4. The minimum atomic E-state index is -0.622. The number of benzene rings is 3. The average molecular weight is 577 g/mol. The van der Waals surface area contributed by atoms with Crippen LogP contribution in [0.5, 0.6) is 17.2 Å². The van der Waals surface area contributed by atoms with Gasteiger partial charge >= 0.3 is 0 Å². The Morgan fingerprint density at radius 3 is 2.63 bits per heavy atom. The number of aromatic nitrogens is 2. The van der Waals surface area contributed by atoms with Crippen molar-refractivity contribution in [3.05, 3.63) is 81.1 Å². The van der Waals surface area contributed by atoms with Gasteiger partial charge in [-0.1, -0.05) is 18.2 Å². The van der Waals surface area contributed by atoms with Crippen molar-refractivity contribution in [1.82, 2.24) is 9.66 Å². The predicted octanol–water partition coefficient (Wildman–Crippen LogP) is 4.34. The molecule has 0 bridgehead atoms. The molecular formula is C27H21BrN4O6. The van der Waals surface area contributed by atoms with E-state index in [1.54, 1.807) is 55.6 Å². The molecule has 0 spiro atoms. The molecule has 10 nitrogen and oxygen atoms in total. The molecule has 38 heavy (non-hydrogen) atoms. The summed E-state index contributed by atoms with van der Waals surface area (Å²) < 4.78 is 24.0. The Hall–Kier alpha value is -4.64. The number of primary amides is 1. The predicted molar refractivity (Wildman–Crippen MR) is 146 cm³/mol. The van der Waals surface area contributed by atoms with E-state index in [2.05, 4.69) is 21.0 Å². The van der Waals surface area contributed by atoms with Crippen LogP contribution in [0.3, 0.4) is 0 Å². The molecule has 0 radical (unpaired) electrons. The van der Waals surface area contributed by atoms with Gasteiger partial charge in [0.1, 0.15) is 11.3 Å². The molecule has 2 N–H and O–H groups in total. The molecule has 3 aromatic carbocycles. The number of fused-ring (bicyclic) bond motifs is 2. The number of carbonyl (C=O) groups is 1. The molecule has 0 aliphatic carbocycles. The van der Waals surface area contributed by atoms with Gasteiger partial charge in [0, 0.05) is 0 Å². The van der Waals surface area contributed by atoms with E-state index in [4.69, 9.17) is 29.3 Å². The van der Waals surface area contributed by atoms with Crippen molar-refractivity contribution in [3.8, 4) is 28.8 Å². The second-order valence-corrected chi connectivity index (χ2v) is 8.94. The van der Waals surface area contributed by atoms with Crippen molar-refractivity contribution in [2.24, 2.45) is 10.8 Å². The standard InChI is InChI=1S/C27H21BrN4O6/c1-35-20-8-5-9-21-17(20)12-23(38-21)26-31-19-7-4-3-6-16(19)27(34)32(26)30-13-15-10-18(28)25(22(11-15)36-2)37-14-24(29)33/h3-13H,14H2,1-2H3,(H2,29,33). The van der Waals surface area contributed by atoms with E-state index in [1.165, 1.54) is 18.0 Å². The molecule has 1 amide bonds. The van der Waals surface area contributed by atoms with Crippen LogP contribution in [0.2, 0.25) is 0 Å². The lowest BCUT2D eigenvalue weighted by Crippen LogP contribution is -2.20. The first-order valence-corrected chi connectivity index (χ1v) is 12.1. The Bertz CT molecular complexity index is 1780. The van der Waals surface area contributed by atoms with Gasteiger partial charge in [0.2, 0.25) is 5.82 Å². The Kier molecular flexibility index (Phi) is 6.84. The Balaban J connectivity index is 1.64. The fourth-order valence-corrected chi connectivity index (χ4v) is 4.51. The molecule has 2 heterocycles. The molecule has 0 saturated heterocycles. The zero-order valence-electron chi connectivity index (χ0n) is 20.3. The van der Waals surface area contributed by atoms with E-state index in [1.807, 2.05) is 12.1 Å². The molecule has 192 valence electrons. The summed E-state index contributed by atoms with van der Waals surface area (Å²) in [6.45, 7) is -0.313. The van der Waals surface area contributed by atoms with E-state index in [0.717, 1.165) is 5.39 Å². The van der Waals surface area contributed by atoms with E-state index >= 15 is 0 Å². The van der Waals surface area contributed by atoms with Gasteiger partial charge in [0.15, 0.2) is 23.9 Å². The molecule has 0 atom stereocenters. The van der Waals surface area contributed by atoms with Crippen molar-refractivity contribution in [2.75, 3.05) is 20.8 Å². The van der Waals surface area contributed by atoms with Crippen molar-refractivity contribution in [3.63, 3.8) is 0 Å². The van der Waals surface area contributed by atoms with Crippen LogP contribution in [0.15, 0.2) is 79.4 Å². The van der Waals surface area contributed by atoms with Crippen molar-refractivity contribution < 1.29 is 23.4 Å². The molecule has 0 fully saturated rings. The highest BCUT2D eigenvalue weighted by molar-refractivity contribution is 9.10. The number of carbonyl (C=O) groups excluding carboxylic acids is 1. The minimum absolute atomic E-state index is 0.218. The van der Waals surface area contributed by atoms with Crippen LogP contribution >= 0.6 is 15.9 Å². The number of methoxy groups -OCH3 is 2. The number of halogens is 1. The first-order valence-electron chi connectivity index (χ1n) is 11.3. The molecule has 5 aromatic rings. The fraction of sp³-hybridized carbons (Fsp3) is 0.111. The quantitative estimate of drug-likeness (QED) is 0.272. The van der Waals surface area contributed by atoms with Crippen molar-refractivity contribution >= 4 is 49.9 Å². The topological polar surface area (TPSA) is 131 Å². The number of hydrogen-bond donors (Lipinski definition) is 1. The lowest BCUT2D eigenvalue weighted by molar-refractivity contribution is -0.119. The third-order valence-electron chi connectivity index (χ3n) is 5.65. The number of nitrogens with zero attached hydrogens (tertiary/aromatic N) is 3. The third-order valence-corrected chi connectivity index (χ3v) is 6.24. The highest BCUT2D eigenvalue weighted by Gasteiger charge is 2.18. The Labute approximate surface area is 224 Å². The SMILES string of the molecule is COc1cc(C=Nn2c(-c3cc4c(OC)cccc4o3)nc3ccccc3c2=O)cc(Br)c1OCC(N)=O. The second-order valence-electron chi connectivity index (χ2n) is 8.09. The molecule has 5 rings (SSSR count). The highest BCUT2D eigenvalue weighted by Crippen LogP contribution is 2.36. The smallest absolute Gasteiger partial charge is 0.282 e. The van der Waals surface area contributed by atoms with Crippen LogP contribution in [-0.4, -0.2) is 42.6 Å². The number of rotatable bonds is 8. The number of amides is 1. The van der Waals surface area contributed by atoms with Crippen LogP contribution in [-0.2, 0) is 4.79 Å². The summed E-state index contributed by atoms with van der Waals surface area (Å²) in [7, 11) is 3.04. The Morgan fingerprint density at radius 1 is 1.08 bits per heavy atom. The molecular weight excluding hydrogens is 556 g/mol. The van der Waals surface area contributed by atoms with Gasteiger partial charge in [0.05, 0.1) is 41.2 Å². The molecule has 0 aliphatic rings. The number of furan rings is 1. The zero-order chi connectivity index (χ0) is 26.8. The summed E-state index contributed by atoms with van der Waals surface area (Å²) in [5, 5.41) is 5.61. The van der Waals surface area contributed by atoms with Crippen molar-refractivity contribution in [2.45, 2.75) is 0 Å². The largest absolute Gasteiger partial charge is 0.496 e. The number of para-hydroxylation sites is 1. The molecule has 0 saturated carbocycles. The summed E-state index contributed by atoms with van der Waals surface area (Å²) in [5.74, 6) is 1.23. The first kappa shape index (κ1) is 25.0. The molecule has 0 unspecified atom stereocenters. The summed E-state index contributed by atoms with van der Waals surface area (Å²) in [6, 6.07) is 17.6.